The molecule has 0 aromatic heterocycles. The van der Waals surface area contributed by atoms with Crippen molar-refractivity contribution in [2.24, 2.45) is 0 Å². The van der Waals surface area contributed by atoms with Crippen molar-refractivity contribution in [1.82, 2.24) is 15.1 Å². The number of imide groups is 1. The van der Waals surface area contributed by atoms with Crippen LogP contribution in [-0.4, -0.2) is 52.1 Å². The van der Waals surface area contributed by atoms with E-state index in [4.69, 9.17) is 0 Å². The van der Waals surface area contributed by atoms with Crippen LogP contribution in [-0.2, 0) is 16.1 Å². The molecule has 34 heavy (non-hydrogen) atoms. The van der Waals surface area contributed by atoms with Crippen molar-refractivity contribution < 1.29 is 19.2 Å². The summed E-state index contributed by atoms with van der Waals surface area (Å²) in [4.78, 5) is 54.3. The maximum Gasteiger partial charge on any atom is 0.261 e. The number of amides is 4. The second-order valence-corrected chi connectivity index (χ2v) is 8.95. The predicted molar refractivity (Wildman–Crippen MR) is 130 cm³/mol. The minimum absolute atomic E-state index is 0.0363. The van der Waals surface area contributed by atoms with Crippen molar-refractivity contribution in [3.05, 3.63) is 70.8 Å². The van der Waals surface area contributed by atoms with E-state index >= 15 is 0 Å². The lowest BCUT2D eigenvalue weighted by Gasteiger charge is -2.32. The predicted octanol–water partition coefficient (Wildman–Crippen LogP) is 3.70. The van der Waals surface area contributed by atoms with Gasteiger partial charge >= 0.3 is 0 Å². The van der Waals surface area contributed by atoms with Gasteiger partial charge in [0, 0.05) is 25.6 Å². The highest BCUT2D eigenvalue weighted by atomic mass is 16.2. The average Bonchev–Trinajstić information content (AvgIpc) is 3.04. The lowest BCUT2D eigenvalue weighted by Crippen LogP contribution is -2.50. The van der Waals surface area contributed by atoms with E-state index in [1.807, 2.05) is 52.0 Å². The van der Waals surface area contributed by atoms with Crippen LogP contribution in [0.25, 0.3) is 0 Å². The van der Waals surface area contributed by atoms with Crippen LogP contribution in [0.1, 0.15) is 71.9 Å². The summed E-state index contributed by atoms with van der Waals surface area (Å²) in [5.41, 5.74) is 2.82. The van der Waals surface area contributed by atoms with Crippen LogP contribution in [0.4, 0.5) is 0 Å². The fourth-order valence-corrected chi connectivity index (χ4v) is 4.25. The number of carbonyl (C=O) groups excluding carboxylic acids is 4. The zero-order valence-corrected chi connectivity index (χ0v) is 20.3. The molecule has 1 atom stereocenters. The topological polar surface area (TPSA) is 86.8 Å². The number of aryl methyl sites for hydroxylation is 1. The Labute approximate surface area is 201 Å². The fraction of sp³-hybridized carbons (Fsp3) is 0.407. The minimum atomic E-state index is -0.603. The number of nitrogens with one attached hydrogen (secondary N) is 1. The molecule has 7 heteroatoms. The third kappa shape index (κ3) is 5.53. The van der Waals surface area contributed by atoms with Gasteiger partial charge in [0.15, 0.2) is 0 Å². The fourth-order valence-electron chi connectivity index (χ4n) is 4.25. The summed E-state index contributed by atoms with van der Waals surface area (Å²) < 4.78 is 0. The van der Waals surface area contributed by atoms with Gasteiger partial charge in [0.2, 0.25) is 11.8 Å². The molecule has 0 saturated heterocycles. The molecule has 0 fully saturated rings. The molecule has 0 spiro atoms. The molecule has 2 aromatic carbocycles. The summed E-state index contributed by atoms with van der Waals surface area (Å²) in [6.07, 6.45) is 0.941. The SMILES string of the molecule is CC[C@@H](C(=O)NC(C)C)N(Cc1ccccc1C)C(=O)CCCN1C(=O)c2ccccc2C1=O. The number of benzene rings is 2. The second-order valence-electron chi connectivity index (χ2n) is 8.95. The number of hydrogen-bond acceptors (Lipinski definition) is 4. The van der Waals surface area contributed by atoms with Crippen molar-refractivity contribution in [2.75, 3.05) is 6.54 Å². The van der Waals surface area contributed by atoms with Crippen molar-refractivity contribution in [2.45, 2.75) is 65.6 Å². The quantitative estimate of drug-likeness (QED) is 0.545. The molecule has 7 nitrogen and oxygen atoms in total. The summed E-state index contributed by atoms with van der Waals surface area (Å²) in [6.45, 7) is 8.13. The van der Waals surface area contributed by atoms with Crippen molar-refractivity contribution in [3.8, 4) is 0 Å². The summed E-state index contributed by atoms with van der Waals surface area (Å²) in [6, 6.07) is 13.9. The molecule has 3 rings (SSSR count). The van der Waals surface area contributed by atoms with Crippen molar-refractivity contribution >= 4 is 23.6 Å². The third-order valence-corrected chi connectivity index (χ3v) is 6.07. The average molecular weight is 464 g/mol. The number of rotatable bonds is 10. The lowest BCUT2D eigenvalue weighted by molar-refractivity contribution is -0.141. The molecule has 0 aliphatic carbocycles. The van der Waals surface area contributed by atoms with Gasteiger partial charge in [0.1, 0.15) is 6.04 Å². The van der Waals surface area contributed by atoms with Gasteiger partial charge in [-0.25, -0.2) is 0 Å². The summed E-state index contributed by atoms with van der Waals surface area (Å²) in [5, 5.41) is 2.92. The monoisotopic (exact) mass is 463 g/mol. The molecule has 1 heterocycles. The van der Waals surface area contributed by atoms with Crippen molar-refractivity contribution in [1.29, 1.82) is 0 Å². The third-order valence-electron chi connectivity index (χ3n) is 6.07. The first-order valence-electron chi connectivity index (χ1n) is 11.8. The number of carbonyl (C=O) groups is 4. The van der Waals surface area contributed by atoms with E-state index in [1.54, 1.807) is 29.2 Å². The highest BCUT2D eigenvalue weighted by molar-refractivity contribution is 6.21. The molecule has 1 aliphatic heterocycles. The van der Waals surface area contributed by atoms with Crippen LogP contribution in [0.2, 0.25) is 0 Å². The van der Waals surface area contributed by atoms with Crippen LogP contribution in [0, 0.1) is 6.92 Å². The van der Waals surface area contributed by atoms with Gasteiger partial charge in [-0.05, 0) is 56.9 Å². The van der Waals surface area contributed by atoms with Gasteiger partial charge in [-0.3, -0.25) is 24.1 Å². The number of hydrogen-bond donors (Lipinski definition) is 1. The highest BCUT2D eigenvalue weighted by Gasteiger charge is 2.35. The molecule has 1 aliphatic rings. The lowest BCUT2D eigenvalue weighted by atomic mass is 10.0. The first-order valence-corrected chi connectivity index (χ1v) is 11.8. The van der Waals surface area contributed by atoms with E-state index in [0.717, 1.165) is 11.1 Å². The molecular weight excluding hydrogens is 430 g/mol. The first kappa shape index (κ1) is 25.1. The highest BCUT2D eigenvalue weighted by Crippen LogP contribution is 2.23. The molecule has 2 aromatic rings. The van der Waals surface area contributed by atoms with Crippen LogP contribution in [0.5, 0.6) is 0 Å². The Morgan fingerprint density at radius 1 is 0.971 bits per heavy atom. The standard InChI is InChI=1S/C27H33N3O4/c1-5-23(25(32)28-18(2)3)30(17-20-12-7-6-11-19(20)4)24(31)15-10-16-29-26(33)21-13-8-9-14-22(21)27(29)34/h6-9,11-14,18,23H,5,10,15-17H2,1-4H3,(H,28,32)/t23-/m0/s1. The molecule has 0 saturated carbocycles. The zero-order valence-electron chi connectivity index (χ0n) is 20.3. The largest absolute Gasteiger partial charge is 0.352 e. The maximum absolute atomic E-state index is 13.4. The molecule has 0 bridgehead atoms. The van der Waals surface area contributed by atoms with E-state index in [0.29, 0.717) is 30.5 Å². The van der Waals surface area contributed by atoms with Crippen LogP contribution < -0.4 is 5.32 Å². The van der Waals surface area contributed by atoms with E-state index in [1.165, 1.54) is 4.90 Å². The molecule has 4 amide bonds. The minimum Gasteiger partial charge on any atom is -0.352 e. The first-order chi connectivity index (χ1) is 16.2. The molecular formula is C27H33N3O4. The van der Waals surface area contributed by atoms with Crippen LogP contribution in [0.3, 0.4) is 0 Å². The second kappa shape index (κ2) is 11.1. The Morgan fingerprint density at radius 3 is 2.12 bits per heavy atom. The molecule has 180 valence electrons. The summed E-state index contributed by atoms with van der Waals surface area (Å²) >= 11 is 0. The molecule has 1 N–H and O–H groups in total. The van der Waals surface area contributed by atoms with E-state index < -0.39 is 6.04 Å². The Morgan fingerprint density at radius 2 is 1.56 bits per heavy atom. The Balaban J connectivity index is 1.72. The Bertz CT molecular complexity index is 1040. The van der Waals surface area contributed by atoms with Gasteiger partial charge in [0.05, 0.1) is 11.1 Å². The van der Waals surface area contributed by atoms with Gasteiger partial charge < -0.3 is 10.2 Å². The smallest absolute Gasteiger partial charge is 0.261 e. The zero-order chi connectivity index (χ0) is 24.8. The molecule has 0 unspecified atom stereocenters. The van der Waals surface area contributed by atoms with Crippen molar-refractivity contribution in [3.63, 3.8) is 0 Å². The normalized spacial score (nSPS) is 13.7. The summed E-state index contributed by atoms with van der Waals surface area (Å²) in [7, 11) is 0. The van der Waals surface area contributed by atoms with Gasteiger partial charge in [-0.1, -0.05) is 43.3 Å². The van der Waals surface area contributed by atoms with E-state index in [2.05, 4.69) is 5.32 Å². The van der Waals surface area contributed by atoms with E-state index in [-0.39, 0.29) is 42.6 Å². The van der Waals surface area contributed by atoms with Crippen LogP contribution >= 0.6 is 0 Å². The Kier molecular flexibility index (Phi) is 8.21. The van der Waals surface area contributed by atoms with Gasteiger partial charge in [-0.15, -0.1) is 0 Å². The summed E-state index contributed by atoms with van der Waals surface area (Å²) in [5.74, 6) is -1.01. The van der Waals surface area contributed by atoms with Crippen LogP contribution in [0.15, 0.2) is 48.5 Å². The number of nitrogens with zero attached hydrogens (tertiary/aromatic N) is 2. The maximum atomic E-state index is 13.4. The molecule has 0 radical (unpaired) electrons. The van der Waals surface area contributed by atoms with Gasteiger partial charge in [-0.2, -0.15) is 0 Å². The Hall–Kier alpha value is -3.48. The van der Waals surface area contributed by atoms with Gasteiger partial charge in [0.25, 0.3) is 11.8 Å². The number of fused-ring (bicyclic) bond motifs is 1. The van der Waals surface area contributed by atoms with E-state index in [9.17, 15) is 19.2 Å².